The van der Waals surface area contributed by atoms with Crippen molar-refractivity contribution in [3.8, 4) is 0 Å². The average Bonchev–Trinajstić information content (AvgIpc) is 2.78. The van der Waals surface area contributed by atoms with E-state index >= 15 is 0 Å². The molecule has 2 aliphatic rings. The van der Waals surface area contributed by atoms with E-state index in [1.807, 2.05) is 0 Å². The first-order valence-corrected chi connectivity index (χ1v) is 11.5. The second kappa shape index (κ2) is 11.6. The van der Waals surface area contributed by atoms with Crippen molar-refractivity contribution in [2.75, 3.05) is 27.2 Å². The van der Waals surface area contributed by atoms with E-state index < -0.39 is 0 Å². The fourth-order valence-corrected chi connectivity index (χ4v) is 7.05. The summed E-state index contributed by atoms with van der Waals surface area (Å²) in [6.45, 7) is 11.8. The third-order valence-corrected chi connectivity index (χ3v) is 8.53. The zero-order valence-corrected chi connectivity index (χ0v) is 19.2. The Morgan fingerprint density at radius 2 is 1.45 bits per heavy atom. The third-order valence-electron chi connectivity index (χ3n) is 6.00. The predicted octanol–water partition coefficient (Wildman–Crippen LogP) is 4.52. The molecule has 0 aromatic carbocycles. The Morgan fingerprint density at radius 3 is 1.82 bits per heavy atom. The molecule has 5 heteroatoms. The van der Waals surface area contributed by atoms with Gasteiger partial charge in [-0.15, -0.1) is 24.8 Å². The summed E-state index contributed by atoms with van der Waals surface area (Å²) >= 11 is 0.469. The molecule has 0 atom stereocenters. The van der Waals surface area contributed by atoms with E-state index in [1.54, 1.807) is 23.3 Å². The number of rotatable bonds is 3. The summed E-state index contributed by atoms with van der Waals surface area (Å²) in [5, 5.41) is 6.89. The van der Waals surface area contributed by atoms with E-state index in [2.05, 4.69) is 52.0 Å². The van der Waals surface area contributed by atoms with Gasteiger partial charge in [-0.2, -0.15) is 0 Å². The van der Waals surface area contributed by atoms with Crippen molar-refractivity contribution in [1.29, 1.82) is 0 Å². The van der Waals surface area contributed by atoms with E-state index in [0.717, 1.165) is 0 Å². The Labute approximate surface area is 158 Å². The maximum atomic E-state index is 3.69. The van der Waals surface area contributed by atoms with Gasteiger partial charge in [0.05, 0.1) is 0 Å². The van der Waals surface area contributed by atoms with E-state index in [1.165, 1.54) is 25.9 Å². The summed E-state index contributed by atoms with van der Waals surface area (Å²) in [7, 11) is 4.15. The minimum absolute atomic E-state index is 0. The van der Waals surface area contributed by atoms with E-state index in [0.29, 0.717) is 32.3 Å². The van der Waals surface area contributed by atoms with Gasteiger partial charge in [-0.05, 0) is 27.9 Å². The molecule has 22 heavy (non-hydrogen) atoms. The van der Waals surface area contributed by atoms with Crippen LogP contribution in [-0.2, 0) is 0 Å². The average molecular weight is 414 g/mol. The fourth-order valence-electron chi connectivity index (χ4n) is 3.78. The molecule has 2 radical (unpaired) electrons. The molecule has 2 rings (SSSR count). The molecule has 2 aliphatic heterocycles. The standard InChI is InChI=1S/C12H23GeN.C5H13N.2ClH/c1-3-11(4-2)9-14-10-12(11)5-7-13-8-6-12;1-5(2)6(3)4;;/h14H,3-10H2,1-2H3;5H,1-4H3;2*1H. The maximum Gasteiger partial charge on any atom is -0.147 e. The quantitative estimate of drug-likeness (QED) is 0.684. The molecule has 0 aromatic rings. The largest absolute Gasteiger partial charge is 0.147 e. The summed E-state index contributed by atoms with van der Waals surface area (Å²) in [5.41, 5.74) is 1.36. The van der Waals surface area contributed by atoms with Crippen LogP contribution in [0.2, 0.25) is 10.5 Å². The monoisotopic (exact) mass is 414 g/mol. The van der Waals surface area contributed by atoms with Gasteiger partial charge in [0.25, 0.3) is 0 Å². The first-order valence-electron chi connectivity index (χ1n) is 8.51. The van der Waals surface area contributed by atoms with Crippen LogP contribution in [0.1, 0.15) is 53.4 Å². The Morgan fingerprint density at radius 1 is 1.00 bits per heavy atom. The maximum absolute atomic E-state index is 3.69. The van der Waals surface area contributed by atoms with E-state index in [-0.39, 0.29) is 24.8 Å². The van der Waals surface area contributed by atoms with Crippen LogP contribution in [0, 0.1) is 10.8 Å². The van der Waals surface area contributed by atoms with Crippen LogP contribution < -0.4 is 5.32 Å². The van der Waals surface area contributed by atoms with Crippen molar-refractivity contribution >= 4 is 40.2 Å². The number of hydrogen-bond acceptors (Lipinski definition) is 2. The van der Waals surface area contributed by atoms with Gasteiger partial charge in [-0.25, -0.2) is 0 Å². The van der Waals surface area contributed by atoms with E-state index in [9.17, 15) is 0 Å². The summed E-state index contributed by atoms with van der Waals surface area (Å²) in [4.78, 5) is 2.17. The summed E-state index contributed by atoms with van der Waals surface area (Å²) in [6, 6.07) is 0.685. The Hall–Kier alpha value is 1.04. The second-order valence-electron chi connectivity index (χ2n) is 7.18. The molecular formula is C17H38Cl2GeN2. The normalized spacial score (nSPS) is 21.8. The van der Waals surface area contributed by atoms with Gasteiger partial charge < -0.3 is 4.90 Å². The van der Waals surface area contributed by atoms with Crippen molar-refractivity contribution in [3.63, 3.8) is 0 Å². The molecule has 2 heterocycles. The summed E-state index contributed by atoms with van der Waals surface area (Å²) < 4.78 is 0. The molecule has 0 unspecified atom stereocenters. The number of halogens is 2. The summed E-state index contributed by atoms with van der Waals surface area (Å²) in [6.07, 6.45) is 5.86. The minimum atomic E-state index is 0. The fraction of sp³-hybridized carbons (Fsp3) is 1.00. The van der Waals surface area contributed by atoms with Gasteiger partial charge >= 0.3 is 94.7 Å². The number of nitrogens with one attached hydrogen (secondary N) is 1. The van der Waals surface area contributed by atoms with Crippen LogP contribution in [0.15, 0.2) is 0 Å². The molecule has 2 saturated heterocycles. The SMILES string of the molecule is CC(C)N(C)C.CCC1(CC)CNCC12C[CH2][Ge][CH2]C2.Cl.Cl. The second-order valence-corrected chi connectivity index (χ2v) is 10.3. The molecule has 0 amide bonds. The van der Waals surface area contributed by atoms with Gasteiger partial charge in [-0.1, -0.05) is 0 Å². The van der Waals surface area contributed by atoms with Crippen molar-refractivity contribution in [1.82, 2.24) is 10.2 Å². The molecule has 134 valence electrons. The van der Waals surface area contributed by atoms with Crippen LogP contribution in [0.25, 0.3) is 0 Å². The molecule has 0 aliphatic carbocycles. The molecule has 2 nitrogen and oxygen atoms in total. The third kappa shape index (κ3) is 5.84. The van der Waals surface area contributed by atoms with Crippen molar-refractivity contribution in [3.05, 3.63) is 0 Å². The van der Waals surface area contributed by atoms with Crippen molar-refractivity contribution in [2.24, 2.45) is 10.8 Å². The zero-order chi connectivity index (χ0) is 15.2. The van der Waals surface area contributed by atoms with Gasteiger partial charge in [0.1, 0.15) is 0 Å². The Balaban J connectivity index is 0. The van der Waals surface area contributed by atoms with Crippen LogP contribution in [0.4, 0.5) is 0 Å². The molecule has 0 saturated carbocycles. The number of nitrogens with zero attached hydrogens (tertiary/aromatic N) is 1. The van der Waals surface area contributed by atoms with E-state index in [4.69, 9.17) is 0 Å². The van der Waals surface area contributed by atoms with Gasteiger partial charge in [0.15, 0.2) is 0 Å². The molecule has 0 aromatic heterocycles. The topological polar surface area (TPSA) is 15.3 Å². The van der Waals surface area contributed by atoms with Crippen LogP contribution in [0.3, 0.4) is 0 Å². The van der Waals surface area contributed by atoms with Crippen LogP contribution in [0.5, 0.6) is 0 Å². The zero-order valence-electron chi connectivity index (χ0n) is 15.5. The van der Waals surface area contributed by atoms with Crippen molar-refractivity contribution < 1.29 is 0 Å². The smallest absolute Gasteiger partial charge is 0.147 e. The first-order chi connectivity index (χ1) is 9.43. The molecule has 1 N–H and O–H groups in total. The van der Waals surface area contributed by atoms with Gasteiger partial charge in [-0.3, -0.25) is 0 Å². The van der Waals surface area contributed by atoms with Crippen LogP contribution in [-0.4, -0.2) is 53.6 Å². The molecule has 1 spiro atoms. The molecule has 2 fully saturated rings. The molecular weight excluding hydrogens is 376 g/mol. The van der Waals surface area contributed by atoms with Gasteiger partial charge in [0, 0.05) is 6.04 Å². The Kier molecular flexibility index (Phi) is 13.3. The first kappa shape index (κ1) is 25.3. The number of hydrogen-bond donors (Lipinski definition) is 1. The minimum Gasteiger partial charge on any atom is -0.147 e. The molecule has 0 bridgehead atoms. The summed E-state index contributed by atoms with van der Waals surface area (Å²) in [5.74, 6) is 0. The van der Waals surface area contributed by atoms with Gasteiger partial charge in [0.2, 0.25) is 0 Å². The predicted molar refractivity (Wildman–Crippen MR) is 106 cm³/mol. The van der Waals surface area contributed by atoms with Crippen LogP contribution >= 0.6 is 24.8 Å². The van der Waals surface area contributed by atoms with Crippen molar-refractivity contribution in [2.45, 2.75) is 69.9 Å². The Bertz CT molecular complexity index is 270.